The van der Waals surface area contributed by atoms with E-state index in [2.05, 4.69) is 15.3 Å². The molecule has 5 heteroatoms. The maximum Gasteiger partial charge on any atom is 0.243 e. The molecule has 0 aliphatic rings. The summed E-state index contributed by atoms with van der Waals surface area (Å²) < 4.78 is 0. The van der Waals surface area contributed by atoms with Gasteiger partial charge in [0.25, 0.3) is 0 Å². The summed E-state index contributed by atoms with van der Waals surface area (Å²) in [6.07, 6.45) is 3.97. The molecule has 0 bridgehead atoms. The van der Waals surface area contributed by atoms with Crippen LogP contribution in [0, 0.1) is 0 Å². The molecule has 2 heterocycles. The van der Waals surface area contributed by atoms with Crippen LogP contribution in [-0.2, 0) is 4.79 Å². The number of aromatic amines is 2. The zero-order valence-corrected chi connectivity index (χ0v) is 13.2. The first-order chi connectivity index (χ1) is 12.3. The number of Topliss-reactive ketones (excluding diaryl/α,β-unsaturated/α-hetero) is 1. The number of aromatic nitrogens is 2. The third kappa shape index (κ3) is 2.61. The summed E-state index contributed by atoms with van der Waals surface area (Å²) in [4.78, 5) is 29.2. The van der Waals surface area contributed by atoms with Crippen LogP contribution in [0.3, 0.4) is 0 Å². The number of rotatable bonds is 5. The Morgan fingerprint density at radius 1 is 0.880 bits per heavy atom. The number of nitrogens with one attached hydrogen (secondary N) is 3. The SMILES string of the molecule is O=CC(=O)c1[nH]cc(-c2c[nH]c3ccccc23)c1Nc1ccccc1. The highest BCUT2D eigenvalue weighted by molar-refractivity contribution is 6.35. The highest BCUT2D eigenvalue weighted by Crippen LogP contribution is 2.37. The number of carbonyl (C=O) groups is 2. The molecule has 2 aromatic heterocycles. The zero-order chi connectivity index (χ0) is 17.2. The van der Waals surface area contributed by atoms with Crippen molar-refractivity contribution in [1.29, 1.82) is 0 Å². The van der Waals surface area contributed by atoms with Gasteiger partial charge in [-0.05, 0) is 18.2 Å². The van der Waals surface area contributed by atoms with Crippen LogP contribution >= 0.6 is 0 Å². The number of carbonyl (C=O) groups excluding carboxylic acids is 2. The number of ketones is 1. The van der Waals surface area contributed by atoms with Gasteiger partial charge < -0.3 is 15.3 Å². The van der Waals surface area contributed by atoms with Crippen molar-refractivity contribution in [2.75, 3.05) is 5.32 Å². The van der Waals surface area contributed by atoms with Crippen molar-refractivity contribution in [2.24, 2.45) is 0 Å². The first-order valence-electron chi connectivity index (χ1n) is 7.87. The third-order valence-electron chi connectivity index (χ3n) is 4.16. The van der Waals surface area contributed by atoms with Crippen molar-refractivity contribution >= 4 is 34.3 Å². The topological polar surface area (TPSA) is 77.8 Å². The second kappa shape index (κ2) is 6.13. The van der Waals surface area contributed by atoms with Gasteiger partial charge in [-0.3, -0.25) is 9.59 Å². The van der Waals surface area contributed by atoms with Crippen molar-refractivity contribution in [1.82, 2.24) is 9.97 Å². The van der Waals surface area contributed by atoms with Crippen molar-refractivity contribution in [3.05, 3.63) is 72.7 Å². The van der Waals surface area contributed by atoms with Gasteiger partial charge in [0.05, 0.1) is 5.69 Å². The molecular formula is C20H15N3O2. The van der Waals surface area contributed by atoms with Gasteiger partial charge in [-0.1, -0.05) is 36.4 Å². The summed E-state index contributed by atoms with van der Waals surface area (Å²) in [5.41, 5.74) is 4.46. The molecule has 25 heavy (non-hydrogen) atoms. The number of hydrogen-bond acceptors (Lipinski definition) is 3. The van der Waals surface area contributed by atoms with Crippen LogP contribution in [0.2, 0.25) is 0 Å². The van der Waals surface area contributed by atoms with Gasteiger partial charge in [0.1, 0.15) is 5.69 Å². The van der Waals surface area contributed by atoms with Crippen LogP contribution in [0.1, 0.15) is 10.5 Å². The lowest BCUT2D eigenvalue weighted by molar-refractivity contribution is -0.104. The lowest BCUT2D eigenvalue weighted by atomic mass is 10.0. The highest BCUT2D eigenvalue weighted by Gasteiger charge is 2.20. The van der Waals surface area contributed by atoms with Crippen molar-refractivity contribution in [3.8, 4) is 11.1 Å². The maximum atomic E-state index is 12.0. The monoisotopic (exact) mass is 329 g/mol. The summed E-state index contributed by atoms with van der Waals surface area (Å²) in [7, 11) is 0. The molecule has 2 aromatic carbocycles. The zero-order valence-electron chi connectivity index (χ0n) is 13.2. The number of para-hydroxylation sites is 2. The Morgan fingerprint density at radius 3 is 2.40 bits per heavy atom. The molecule has 0 saturated carbocycles. The quantitative estimate of drug-likeness (QED) is 0.290. The maximum absolute atomic E-state index is 12.0. The van der Waals surface area contributed by atoms with E-state index in [1.807, 2.05) is 60.8 Å². The van der Waals surface area contributed by atoms with E-state index in [4.69, 9.17) is 0 Å². The molecule has 0 saturated heterocycles. The third-order valence-corrected chi connectivity index (χ3v) is 4.16. The number of anilines is 2. The summed E-state index contributed by atoms with van der Waals surface area (Å²) in [5.74, 6) is -0.593. The molecule has 0 unspecified atom stereocenters. The number of benzene rings is 2. The average Bonchev–Trinajstić information content (AvgIpc) is 3.26. The van der Waals surface area contributed by atoms with E-state index < -0.39 is 5.78 Å². The Hall–Kier alpha value is -3.60. The van der Waals surface area contributed by atoms with Gasteiger partial charge in [0.2, 0.25) is 5.78 Å². The van der Waals surface area contributed by atoms with E-state index in [0.29, 0.717) is 12.0 Å². The van der Waals surface area contributed by atoms with Crippen molar-refractivity contribution < 1.29 is 9.59 Å². The van der Waals surface area contributed by atoms with E-state index in [1.165, 1.54) is 0 Å². The molecule has 0 aliphatic heterocycles. The lowest BCUT2D eigenvalue weighted by Gasteiger charge is -2.09. The largest absolute Gasteiger partial charge is 0.361 e. The van der Waals surface area contributed by atoms with Gasteiger partial charge >= 0.3 is 0 Å². The molecular weight excluding hydrogens is 314 g/mol. The molecule has 0 aliphatic carbocycles. The Bertz CT molecular complexity index is 1060. The van der Waals surface area contributed by atoms with Gasteiger partial charge in [-0.15, -0.1) is 0 Å². The minimum absolute atomic E-state index is 0.249. The fourth-order valence-electron chi connectivity index (χ4n) is 2.98. The van der Waals surface area contributed by atoms with Crippen LogP contribution in [0.25, 0.3) is 22.0 Å². The molecule has 122 valence electrons. The fraction of sp³-hybridized carbons (Fsp3) is 0. The molecule has 0 fully saturated rings. The fourth-order valence-corrected chi connectivity index (χ4v) is 2.98. The Balaban J connectivity index is 1.89. The standard InChI is InChI=1S/C20H15N3O2/c24-12-18(25)20-19(23-13-6-2-1-3-7-13)16(11-22-20)15-10-21-17-9-5-4-8-14(15)17/h1-12,21-23H. The van der Waals surface area contributed by atoms with Crippen LogP contribution in [0.15, 0.2) is 67.0 Å². The summed E-state index contributed by atoms with van der Waals surface area (Å²) in [5, 5.41) is 4.31. The summed E-state index contributed by atoms with van der Waals surface area (Å²) in [6, 6.07) is 17.5. The van der Waals surface area contributed by atoms with Crippen molar-refractivity contribution in [2.45, 2.75) is 0 Å². The number of hydrogen-bond donors (Lipinski definition) is 3. The number of aldehydes is 1. The average molecular weight is 329 g/mol. The van der Waals surface area contributed by atoms with Gasteiger partial charge in [0.15, 0.2) is 6.29 Å². The lowest BCUT2D eigenvalue weighted by Crippen LogP contribution is -2.04. The van der Waals surface area contributed by atoms with Crippen LogP contribution in [-0.4, -0.2) is 22.0 Å². The van der Waals surface area contributed by atoms with E-state index in [9.17, 15) is 9.59 Å². The first-order valence-corrected chi connectivity index (χ1v) is 7.87. The number of fused-ring (bicyclic) bond motifs is 1. The molecule has 4 aromatic rings. The van der Waals surface area contributed by atoms with Gasteiger partial charge in [0, 0.05) is 40.1 Å². The molecule has 0 radical (unpaired) electrons. The predicted molar refractivity (Wildman–Crippen MR) is 98.2 cm³/mol. The normalized spacial score (nSPS) is 10.7. The van der Waals surface area contributed by atoms with Crippen molar-refractivity contribution in [3.63, 3.8) is 0 Å². The molecule has 5 nitrogen and oxygen atoms in total. The number of H-pyrrole nitrogens is 2. The first kappa shape index (κ1) is 15.0. The van der Waals surface area contributed by atoms with Crippen LogP contribution in [0.5, 0.6) is 0 Å². The van der Waals surface area contributed by atoms with E-state index >= 15 is 0 Å². The molecule has 0 spiro atoms. The van der Waals surface area contributed by atoms with E-state index in [1.54, 1.807) is 6.20 Å². The molecule has 3 N–H and O–H groups in total. The second-order valence-electron chi connectivity index (χ2n) is 5.67. The Kier molecular flexibility index (Phi) is 3.67. The second-order valence-corrected chi connectivity index (χ2v) is 5.67. The van der Waals surface area contributed by atoms with Gasteiger partial charge in [-0.2, -0.15) is 0 Å². The van der Waals surface area contributed by atoms with E-state index in [0.717, 1.165) is 27.7 Å². The van der Waals surface area contributed by atoms with Gasteiger partial charge in [-0.25, -0.2) is 0 Å². The summed E-state index contributed by atoms with van der Waals surface area (Å²) in [6.45, 7) is 0. The predicted octanol–water partition coefficient (Wildman–Crippen LogP) is 4.29. The highest BCUT2D eigenvalue weighted by atomic mass is 16.2. The molecule has 4 rings (SSSR count). The van der Waals surface area contributed by atoms with E-state index in [-0.39, 0.29) is 5.69 Å². The minimum Gasteiger partial charge on any atom is -0.361 e. The molecule has 0 atom stereocenters. The van der Waals surface area contributed by atoms with Crippen LogP contribution < -0.4 is 5.32 Å². The smallest absolute Gasteiger partial charge is 0.243 e. The Labute approximate surface area is 143 Å². The van der Waals surface area contributed by atoms with Crippen LogP contribution in [0.4, 0.5) is 11.4 Å². The minimum atomic E-state index is -0.593. The Morgan fingerprint density at radius 2 is 1.60 bits per heavy atom. The summed E-state index contributed by atoms with van der Waals surface area (Å²) >= 11 is 0. The molecule has 0 amide bonds.